The number of rotatable bonds is 2. The van der Waals surface area contributed by atoms with Crippen molar-refractivity contribution >= 4 is 0 Å². The highest BCUT2D eigenvalue weighted by Gasteiger charge is 2.26. The topological polar surface area (TPSA) is 23.5 Å². The average Bonchev–Trinajstić information content (AvgIpc) is 2.03. The van der Waals surface area contributed by atoms with E-state index in [1.807, 2.05) is 0 Å². The molecule has 0 aromatic heterocycles. The first-order valence-corrected chi connectivity index (χ1v) is 4.93. The van der Waals surface area contributed by atoms with Crippen LogP contribution in [0.2, 0.25) is 0 Å². The maximum atomic E-state index is 9.08. The average molecular weight is 171 g/mol. The van der Waals surface area contributed by atoms with Gasteiger partial charge in [0.2, 0.25) is 0 Å². The Labute approximate surface area is 75.6 Å². The second-order valence-electron chi connectivity index (χ2n) is 4.51. The first-order chi connectivity index (χ1) is 5.63. The van der Waals surface area contributed by atoms with Crippen LogP contribution in [0.4, 0.5) is 0 Å². The van der Waals surface area contributed by atoms with Crippen molar-refractivity contribution in [3.63, 3.8) is 0 Å². The van der Waals surface area contributed by atoms with Crippen LogP contribution in [0.3, 0.4) is 0 Å². The van der Waals surface area contributed by atoms with Gasteiger partial charge in [0, 0.05) is 19.7 Å². The van der Waals surface area contributed by atoms with Crippen molar-refractivity contribution < 1.29 is 5.11 Å². The van der Waals surface area contributed by atoms with Gasteiger partial charge in [0.15, 0.2) is 0 Å². The highest BCUT2D eigenvalue weighted by Crippen LogP contribution is 2.26. The normalized spacial score (nSPS) is 32.8. The van der Waals surface area contributed by atoms with Crippen molar-refractivity contribution in [1.82, 2.24) is 4.90 Å². The molecule has 0 aromatic carbocycles. The van der Waals surface area contributed by atoms with Gasteiger partial charge in [-0.2, -0.15) is 0 Å². The van der Waals surface area contributed by atoms with Crippen molar-refractivity contribution in [1.29, 1.82) is 0 Å². The van der Waals surface area contributed by atoms with Crippen LogP contribution in [-0.4, -0.2) is 36.8 Å². The zero-order valence-corrected chi connectivity index (χ0v) is 8.45. The predicted octanol–water partition coefficient (Wildman–Crippen LogP) is 1.20. The third-order valence-electron chi connectivity index (χ3n) is 2.95. The summed E-state index contributed by atoms with van der Waals surface area (Å²) in [6, 6.07) is 0. The summed E-state index contributed by atoms with van der Waals surface area (Å²) in [5, 5.41) is 9.08. The van der Waals surface area contributed by atoms with E-state index in [1.54, 1.807) is 0 Å². The van der Waals surface area contributed by atoms with E-state index in [0.717, 1.165) is 18.4 Å². The van der Waals surface area contributed by atoms with Gasteiger partial charge in [-0.15, -0.1) is 0 Å². The molecule has 0 aliphatic carbocycles. The van der Waals surface area contributed by atoms with E-state index >= 15 is 0 Å². The van der Waals surface area contributed by atoms with E-state index in [-0.39, 0.29) is 0 Å². The number of likely N-dealkylation sites (tertiary alicyclic amines) is 1. The molecule has 0 bridgehead atoms. The SMILES string of the molecule is CC(C)C1CC(CO)CN(C)C1. The number of hydrogen-bond acceptors (Lipinski definition) is 2. The molecule has 2 heteroatoms. The van der Waals surface area contributed by atoms with Crippen LogP contribution in [-0.2, 0) is 0 Å². The second-order valence-corrected chi connectivity index (χ2v) is 4.51. The quantitative estimate of drug-likeness (QED) is 0.675. The largest absolute Gasteiger partial charge is 0.396 e. The van der Waals surface area contributed by atoms with Gasteiger partial charge in [-0.1, -0.05) is 13.8 Å². The van der Waals surface area contributed by atoms with Gasteiger partial charge in [-0.05, 0) is 31.2 Å². The number of piperidine rings is 1. The highest BCUT2D eigenvalue weighted by molar-refractivity contribution is 4.78. The molecule has 0 aromatic rings. The lowest BCUT2D eigenvalue weighted by Crippen LogP contribution is -2.40. The molecule has 1 fully saturated rings. The Morgan fingerprint density at radius 3 is 2.58 bits per heavy atom. The summed E-state index contributed by atoms with van der Waals surface area (Å²) < 4.78 is 0. The molecule has 1 heterocycles. The third-order valence-corrected chi connectivity index (χ3v) is 2.95. The predicted molar refractivity (Wildman–Crippen MR) is 51.0 cm³/mol. The molecular weight excluding hydrogens is 150 g/mol. The first-order valence-electron chi connectivity index (χ1n) is 4.93. The van der Waals surface area contributed by atoms with Crippen molar-refractivity contribution in [3.8, 4) is 0 Å². The number of aliphatic hydroxyl groups excluding tert-OH is 1. The monoisotopic (exact) mass is 171 g/mol. The van der Waals surface area contributed by atoms with E-state index in [0.29, 0.717) is 12.5 Å². The van der Waals surface area contributed by atoms with Crippen molar-refractivity contribution in [2.75, 3.05) is 26.7 Å². The lowest BCUT2D eigenvalue weighted by Gasteiger charge is -2.36. The summed E-state index contributed by atoms with van der Waals surface area (Å²) in [6.07, 6.45) is 1.21. The van der Waals surface area contributed by atoms with Crippen LogP contribution >= 0.6 is 0 Å². The van der Waals surface area contributed by atoms with Crippen LogP contribution < -0.4 is 0 Å². The zero-order valence-electron chi connectivity index (χ0n) is 8.45. The minimum absolute atomic E-state index is 0.355. The summed E-state index contributed by atoms with van der Waals surface area (Å²) in [4.78, 5) is 2.34. The van der Waals surface area contributed by atoms with Crippen molar-refractivity contribution in [2.45, 2.75) is 20.3 Å². The molecule has 0 amide bonds. The number of nitrogens with zero attached hydrogens (tertiary/aromatic N) is 1. The standard InChI is InChI=1S/C10H21NO/c1-8(2)10-4-9(7-12)5-11(3)6-10/h8-10,12H,4-7H2,1-3H3. The summed E-state index contributed by atoms with van der Waals surface area (Å²) in [5.74, 6) is 2.04. The molecule has 2 atom stereocenters. The Morgan fingerprint density at radius 2 is 2.08 bits per heavy atom. The molecule has 2 unspecified atom stereocenters. The maximum Gasteiger partial charge on any atom is 0.0471 e. The van der Waals surface area contributed by atoms with Gasteiger partial charge in [0.1, 0.15) is 0 Å². The van der Waals surface area contributed by atoms with Gasteiger partial charge in [-0.25, -0.2) is 0 Å². The molecular formula is C10H21NO. The summed E-state index contributed by atoms with van der Waals surface area (Å²) >= 11 is 0. The van der Waals surface area contributed by atoms with Gasteiger partial charge < -0.3 is 10.0 Å². The van der Waals surface area contributed by atoms with Crippen LogP contribution in [0, 0.1) is 17.8 Å². The minimum atomic E-state index is 0.355. The molecule has 1 aliphatic heterocycles. The Kier molecular flexibility index (Phi) is 3.53. The Morgan fingerprint density at radius 1 is 1.42 bits per heavy atom. The Balaban J connectivity index is 2.45. The van der Waals surface area contributed by atoms with Crippen LogP contribution in [0.5, 0.6) is 0 Å². The van der Waals surface area contributed by atoms with Gasteiger partial charge in [0.05, 0.1) is 0 Å². The molecule has 72 valence electrons. The summed E-state index contributed by atoms with van der Waals surface area (Å²) in [6.45, 7) is 7.18. The fourth-order valence-electron chi connectivity index (χ4n) is 2.11. The highest BCUT2D eigenvalue weighted by atomic mass is 16.3. The van der Waals surface area contributed by atoms with E-state index in [9.17, 15) is 0 Å². The molecule has 0 saturated carbocycles. The van der Waals surface area contributed by atoms with Crippen LogP contribution in [0.25, 0.3) is 0 Å². The first kappa shape index (κ1) is 10.0. The lowest BCUT2D eigenvalue weighted by atomic mass is 9.83. The molecule has 12 heavy (non-hydrogen) atoms. The van der Waals surface area contributed by atoms with Crippen LogP contribution in [0.1, 0.15) is 20.3 Å². The summed E-state index contributed by atoms with van der Waals surface area (Å²) in [5.41, 5.74) is 0. The fraction of sp³-hybridized carbons (Fsp3) is 1.00. The molecule has 2 nitrogen and oxygen atoms in total. The molecule has 0 radical (unpaired) electrons. The second kappa shape index (κ2) is 4.24. The van der Waals surface area contributed by atoms with E-state index in [4.69, 9.17) is 5.11 Å². The zero-order chi connectivity index (χ0) is 9.14. The molecule has 1 N–H and O–H groups in total. The fourth-order valence-corrected chi connectivity index (χ4v) is 2.11. The number of aliphatic hydroxyl groups is 1. The van der Waals surface area contributed by atoms with Crippen molar-refractivity contribution in [2.24, 2.45) is 17.8 Å². The minimum Gasteiger partial charge on any atom is -0.396 e. The van der Waals surface area contributed by atoms with Gasteiger partial charge >= 0.3 is 0 Å². The molecule has 1 aliphatic rings. The van der Waals surface area contributed by atoms with E-state index < -0.39 is 0 Å². The van der Waals surface area contributed by atoms with Crippen LogP contribution in [0.15, 0.2) is 0 Å². The van der Waals surface area contributed by atoms with E-state index in [1.165, 1.54) is 13.0 Å². The smallest absolute Gasteiger partial charge is 0.0471 e. The van der Waals surface area contributed by atoms with Crippen molar-refractivity contribution in [3.05, 3.63) is 0 Å². The number of hydrogen-bond donors (Lipinski definition) is 1. The Hall–Kier alpha value is -0.0800. The van der Waals surface area contributed by atoms with Gasteiger partial charge in [-0.3, -0.25) is 0 Å². The summed E-state index contributed by atoms with van der Waals surface area (Å²) in [7, 11) is 2.15. The third kappa shape index (κ3) is 2.46. The molecule has 1 rings (SSSR count). The maximum absolute atomic E-state index is 9.08. The van der Waals surface area contributed by atoms with Gasteiger partial charge in [0.25, 0.3) is 0 Å². The molecule has 0 spiro atoms. The lowest BCUT2D eigenvalue weighted by molar-refractivity contribution is 0.0832. The molecule has 1 saturated heterocycles. The Bertz CT molecular complexity index is 136. The van der Waals surface area contributed by atoms with E-state index in [2.05, 4.69) is 25.8 Å².